The maximum Gasteiger partial charge on any atom is 0.310 e. The Bertz CT molecular complexity index is 763. The van der Waals surface area contributed by atoms with Crippen LogP contribution in [0.25, 0.3) is 0 Å². The minimum Gasteiger partial charge on any atom is -0.496 e. The van der Waals surface area contributed by atoms with E-state index in [0.29, 0.717) is 32.8 Å². The zero-order valence-electron chi connectivity index (χ0n) is 14.1. The molecule has 25 heavy (non-hydrogen) atoms. The van der Waals surface area contributed by atoms with E-state index in [1.165, 1.54) is 39.5 Å². The van der Waals surface area contributed by atoms with E-state index in [9.17, 15) is 9.18 Å². The fraction of sp³-hybridized carbons (Fsp3) is 0.278. The van der Waals surface area contributed by atoms with E-state index >= 15 is 0 Å². The molecule has 0 atom stereocenters. The van der Waals surface area contributed by atoms with Gasteiger partial charge in [0, 0.05) is 10.0 Å². The first kappa shape index (κ1) is 19.1. The molecule has 7 heteroatoms. The highest BCUT2D eigenvalue weighted by atomic mass is 79.9. The van der Waals surface area contributed by atoms with Gasteiger partial charge in [-0.25, -0.2) is 4.39 Å². The maximum absolute atomic E-state index is 13.3. The topological polar surface area (TPSA) is 54.0 Å². The molecular formula is C18H18BrFO5. The smallest absolute Gasteiger partial charge is 0.310 e. The number of ether oxygens (including phenoxy) is 4. The summed E-state index contributed by atoms with van der Waals surface area (Å²) in [6, 6.07) is 7.47. The quantitative estimate of drug-likeness (QED) is 0.645. The van der Waals surface area contributed by atoms with E-state index in [-0.39, 0.29) is 13.0 Å². The number of methoxy groups -OCH3 is 3. The fourth-order valence-corrected chi connectivity index (χ4v) is 2.72. The summed E-state index contributed by atoms with van der Waals surface area (Å²) in [7, 11) is 4.52. The number of halogens is 2. The second kappa shape index (κ2) is 8.71. The first-order valence-electron chi connectivity index (χ1n) is 7.37. The van der Waals surface area contributed by atoms with Crippen molar-refractivity contribution in [3.8, 4) is 17.2 Å². The lowest BCUT2D eigenvalue weighted by Crippen LogP contribution is -2.09. The highest BCUT2D eigenvalue weighted by Gasteiger charge is 2.14. The van der Waals surface area contributed by atoms with Gasteiger partial charge in [0.25, 0.3) is 0 Å². The predicted molar refractivity (Wildman–Crippen MR) is 93.7 cm³/mol. The molecule has 0 fully saturated rings. The minimum absolute atomic E-state index is 0.0264. The number of hydrogen-bond donors (Lipinski definition) is 0. The lowest BCUT2D eigenvalue weighted by Gasteiger charge is -2.12. The van der Waals surface area contributed by atoms with E-state index in [1.54, 1.807) is 12.1 Å². The molecule has 0 aliphatic heterocycles. The van der Waals surface area contributed by atoms with Crippen LogP contribution in [-0.2, 0) is 22.6 Å². The molecule has 0 aliphatic carbocycles. The number of benzene rings is 2. The van der Waals surface area contributed by atoms with Crippen molar-refractivity contribution in [3.63, 3.8) is 0 Å². The van der Waals surface area contributed by atoms with E-state index in [2.05, 4.69) is 15.9 Å². The van der Waals surface area contributed by atoms with Crippen LogP contribution in [0.3, 0.4) is 0 Å². The van der Waals surface area contributed by atoms with Crippen LogP contribution in [0.5, 0.6) is 17.2 Å². The van der Waals surface area contributed by atoms with Crippen LogP contribution >= 0.6 is 15.9 Å². The average molecular weight is 413 g/mol. The molecule has 0 bridgehead atoms. The van der Waals surface area contributed by atoms with Gasteiger partial charge in [-0.1, -0.05) is 15.9 Å². The Labute approximate surface area is 153 Å². The van der Waals surface area contributed by atoms with Crippen molar-refractivity contribution in [2.45, 2.75) is 13.0 Å². The van der Waals surface area contributed by atoms with Crippen molar-refractivity contribution in [1.82, 2.24) is 0 Å². The van der Waals surface area contributed by atoms with Gasteiger partial charge in [-0.3, -0.25) is 4.79 Å². The second-order valence-corrected chi connectivity index (χ2v) is 5.95. The number of hydrogen-bond acceptors (Lipinski definition) is 5. The lowest BCUT2D eigenvalue weighted by molar-refractivity contribution is -0.144. The summed E-state index contributed by atoms with van der Waals surface area (Å²) in [6.07, 6.45) is 0.0264. The number of carbonyl (C=O) groups excluding carboxylic acids is 1. The van der Waals surface area contributed by atoms with Crippen molar-refractivity contribution in [1.29, 1.82) is 0 Å². The van der Waals surface area contributed by atoms with Gasteiger partial charge < -0.3 is 18.9 Å². The highest BCUT2D eigenvalue weighted by molar-refractivity contribution is 9.10. The van der Waals surface area contributed by atoms with Gasteiger partial charge in [-0.15, -0.1) is 0 Å². The summed E-state index contributed by atoms with van der Waals surface area (Å²) >= 11 is 3.40. The molecule has 0 N–H and O–H groups in total. The molecule has 0 unspecified atom stereocenters. The van der Waals surface area contributed by atoms with E-state index in [4.69, 9.17) is 18.9 Å². The summed E-state index contributed by atoms with van der Waals surface area (Å²) in [4.78, 5) is 12.1. The Morgan fingerprint density at radius 1 is 0.960 bits per heavy atom. The van der Waals surface area contributed by atoms with Crippen LogP contribution in [0.4, 0.5) is 4.39 Å². The van der Waals surface area contributed by atoms with E-state index in [1.807, 2.05) is 0 Å². The number of esters is 1. The highest BCUT2D eigenvalue weighted by Crippen LogP contribution is 2.33. The molecule has 0 heterocycles. The van der Waals surface area contributed by atoms with Gasteiger partial charge in [0.1, 0.15) is 18.2 Å². The van der Waals surface area contributed by atoms with Crippen LogP contribution in [0.2, 0.25) is 0 Å². The van der Waals surface area contributed by atoms with E-state index < -0.39 is 11.8 Å². The van der Waals surface area contributed by atoms with Crippen molar-refractivity contribution in [2.24, 2.45) is 0 Å². The van der Waals surface area contributed by atoms with Gasteiger partial charge in [0.2, 0.25) is 0 Å². The first-order chi connectivity index (χ1) is 12.0. The Kier molecular flexibility index (Phi) is 6.64. The summed E-state index contributed by atoms with van der Waals surface area (Å²) in [5.41, 5.74) is 1.15. The first-order valence-corrected chi connectivity index (χ1v) is 8.16. The summed E-state index contributed by atoms with van der Waals surface area (Å²) in [6.45, 7) is -0.0787. The Balaban J connectivity index is 2.07. The molecule has 0 spiro atoms. The summed E-state index contributed by atoms with van der Waals surface area (Å²) in [5, 5.41) is 0. The van der Waals surface area contributed by atoms with E-state index in [0.717, 1.165) is 0 Å². The fourth-order valence-electron chi connectivity index (χ4n) is 2.26. The molecule has 0 saturated carbocycles. The van der Waals surface area contributed by atoms with Crippen LogP contribution in [0.1, 0.15) is 11.1 Å². The van der Waals surface area contributed by atoms with Crippen LogP contribution in [0, 0.1) is 5.82 Å². The largest absolute Gasteiger partial charge is 0.496 e. The molecule has 134 valence electrons. The average Bonchev–Trinajstić information content (AvgIpc) is 2.61. The third-order valence-corrected chi connectivity index (χ3v) is 4.26. The number of rotatable bonds is 7. The SMILES string of the molecule is COc1ccc(F)cc1COC(=O)Cc1cc(OC)c(OC)cc1Br. The van der Waals surface area contributed by atoms with Crippen LogP contribution in [-0.4, -0.2) is 27.3 Å². The van der Waals surface area contributed by atoms with Gasteiger partial charge >= 0.3 is 5.97 Å². The molecule has 0 aliphatic rings. The van der Waals surface area contributed by atoms with Crippen LogP contribution in [0.15, 0.2) is 34.8 Å². The molecule has 0 radical (unpaired) electrons. The molecular weight excluding hydrogens is 395 g/mol. The zero-order chi connectivity index (χ0) is 18.4. The summed E-state index contributed by atoms with van der Waals surface area (Å²) in [5.74, 6) is 0.645. The molecule has 2 aromatic rings. The van der Waals surface area contributed by atoms with Crippen molar-refractivity contribution in [3.05, 3.63) is 51.7 Å². The third-order valence-electron chi connectivity index (χ3n) is 3.52. The lowest BCUT2D eigenvalue weighted by atomic mass is 10.1. The molecule has 2 rings (SSSR count). The van der Waals surface area contributed by atoms with Gasteiger partial charge in [0.05, 0.1) is 27.8 Å². The van der Waals surface area contributed by atoms with Gasteiger partial charge in [-0.2, -0.15) is 0 Å². The van der Waals surface area contributed by atoms with Crippen molar-refractivity contribution < 1.29 is 28.1 Å². The maximum atomic E-state index is 13.3. The van der Waals surface area contributed by atoms with Crippen LogP contribution < -0.4 is 14.2 Å². The predicted octanol–water partition coefficient (Wildman–Crippen LogP) is 3.90. The Hall–Kier alpha value is -2.28. The molecule has 0 aromatic heterocycles. The van der Waals surface area contributed by atoms with Crippen molar-refractivity contribution >= 4 is 21.9 Å². The van der Waals surface area contributed by atoms with Crippen molar-refractivity contribution in [2.75, 3.05) is 21.3 Å². The Morgan fingerprint density at radius 2 is 1.60 bits per heavy atom. The third kappa shape index (κ3) is 4.85. The monoisotopic (exact) mass is 412 g/mol. The normalized spacial score (nSPS) is 10.3. The zero-order valence-corrected chi connectivity index (χ0v) is 15.7. The second-order valence-electron chi connectivity index (χ2n) is 5.09. The minimum atomic E-state index is -0.459. The number of carbonyl (C=O) groups is 1. The molecule has 0 saturated heterocycles. The molecule has 0 amide bonds. The van der Waals surface area contributed by atoms with Gasteiger partial charge in [-0.05, 0) is 35.9 Å². The Morgan fingerprint density at radius 3 is 2.24 bits per heavy atom. The van der Waals surface area contributed by atoms with Gasteiger partial charge in [0.15, 0.2) is 11.5 Å². The molecule has 2 aromatic carbocycles. The molecule has 5 nitrogen and oxygen atoms in total. The summed E-state index contributed by atoms with van der Waals surface area (Å²) < 4.78 is 34.8. The standard InChI is InChI=1S/C18H18BrFO5/c1-22-15-5-4-13(20)6-12(15)10-25-18(21)8-11-7-16(23-2)17(24-3)9-14(11)19/h4-7,9H,8,10H2,1-3H3.